The lowest BCUT2D eigenvalue weighted by atomic mass is 9.47. The maximum atomic E-state index is 12.4. The van der Waals surface area contributed by atoms with E-state index >= 15 is 0 Å². The Morgan fingerprint density at radius 3 is 2.55 bits per heavy atom. The highest BCUT2D eigenvalue weighted by Gasteiger charge is 2.60. The fourth-order valence-electron chi connectivity index (χ4n) is 6.33. The summed E-state index contributed by atoms with van der Waals surface area (Å²) in [5.41, 5.74) is 1.18. The maximum Gasteiger partial charge on any atom is 0.155 e. The van der Waals surface area contributed by atoms with Gasteiger partial charge in [-0.15, -0.1) is 11.6 Å². The monoisotopic (exact) mass is 320 g/mol. The van der Waals surface area contributed by atoms with Crippen LogP contribution < -0.4 is 0 Å². The summed E-state index contributed by atoms with van der Waals surface area (Å²) in [6.07, 6.45) is 8.37. The van der Waals surface area contributed by atoms with Gasteiger partial charge in [0.25, 0.3) is 0 Å². The zero-order valence-corrected chi connectivity index (χ0v) is 14.3. The highest BCUT2D eigenvalue weighted by atomic mass is 35.5. The molecule has 0 saturated heterocycles. The molecule has 0 aromatic carbocycles. The number of allylic oxidation sites excluding steroid dienone is 1. The van der Waals surface area contributed by atoms with E-state index in [9.17, 15) is 9.59 Å². The van der Waals surface area contributed by atoms with E-state index in [1.807, 2.05) is 6.08 Å². The van der Waals surface area contributed by atoms with E-state index in [2.05, 4.69) is 13.8 Å². The third-order valence-corrected chi connectivity index (χ3v) is 8.06. The van der Waals surface area contributed by atoms with Crippen LogP contribution in [-0.4, -0.2) is 16.9 Å². The Bertz CT molecular complexity index is 580. The van der Waals surface area contributed by atoms with Gasteiger partial charge in [-0.3, -0.25) is 9.59 Å². The number of carbonyl (C=O) groups excluding carboxylic acids is 2. The minimum Gasteiger partial charge on any atom is -0.299 e. The van der Waals surface area contributed by atoms with Gasteiger partial charge in [-0.1, -0.05) is 13.8 Å². The van der Waals surface area contributed by atoms with Crippen LogP contribution in [0.15, 0.2) is 11.6 Å². The molecule has 0 spiro atoms. The molecule has 3 fully saturated rings. The predicted octanol–water partition coefficient (Wildman–Crippen LogP) is 4.30. The second-order valence-electron chi connectivity index (χ2n) is 8.48. The molecule has 0 N–H and O–H groups in total. The smallest absolute Gasteiger partial charge is 0.155 e. The van der Waals surface area contributed by atoms with Gasteiger partial charge in [-0.05, 0) is 66.9 Å². The van der Waals surface area contributed by atoms with Gasteiger partial charge in [0.15, 0.2) is 5.78 Å². The van der Waals surface area contributed by atoms with Crippen LogP contribution in [0.3, 0.4) is 0 Å². The van der Waals surface area contributed by atoms with Crippen molar-refractivity contribution in [3.63, 3.8) is 0 Å². The number of carbonyl (C=O) groups is 2. The second-order valence-corrected chi connectivity index (χ2v) is 9.01. The fourth-order valence-corrected chi connectivity index (χ4v) is 6.85. The van der Waals surface area contributed by atoms with E-state index in [1.165, 1.54) is 5.57 Å². The molecule has 4 rings (SSSR count). The largest absolute Gasteiger partial charge is 0.299 e. The third kappa shape index (κ3) is 1.79. The summed E-state index contributed by atoms with van der Waals surface area (Å²) in [5, 5.41) is -0.0199. The first-order valence-corrected chi connectivity index (χ1v) is 9.22. The topological polar surface area (TPSA) is 34.1 Å². The lowest BCUT2D eigenvalue weighted by Gasteiger charge is -2.58. The van der Waals surface area contributed by atoms with Crippen LogP contribution in [0.4, 0.5) is 0 Å². The van der Waals surface area contributed by atoms with E-state index in [-0.39, 0.29) is 22.0 Å². The Morgan fingerprint density at radius 1 is 1.05 bits per heavy atom. The molecule has 4 aliphatic rings. The summed E-state index contributed by atoms with van der Waals surface area (Å²) >= 11 is 6.73. The molecule has 0 radical (unpaired) electrons. The van der Waals surface area contributed by atoms with E-state index in [4.69, 9.17) is 11.6 Å². The number of hydrogen-bond acceptors (Lipinski definition) is 2. The summed E-state index contributed by atoms with van der Waals surface area (Å²) in [6.45, 7) is 4.53. The van der Waals surface area contributed by atoms with E-state index in [1.54, 1.807) is 0 Å². The number of fused-ring (bicyclic) bond motifs is 5. The molecule has 0 bridgehead atoms. The molecule has 22 heavy (non-hydrogen) atoms. The number of ketones is 2. The lowest BCUT2D eigenvalue weighted by Crippen LogP contribution is -2.53. The highest BCUT2D eigenvalue weighted by molar-refractivity contribution is 6.23. The van der Waals surface area contributed by atoms with Crippen LogP contribution >= 0.6 is 11.6 Å². The molecule has 6 atom stereocenters. The number of halogens is 1. The van der Waals surface area contributed by atoms with Crippen LogP contribution in [0.2, 0.25) is 0 Å². The van der Waals surface area contributed by atoms with Gasteiger partial charge < -0.3 is 0 Å². The van der Waals surface area contributed by atoms with Gasteiger partial charge in [0.2, 0.25) is 0 Å². The van der Waals surface area contributed by atoms with Crippen LogP contribution in [0.5, 0.6) is 0 Å². The predicted molar refractivity (Wildman–Crippen MR) is 86.7 cm³/mol. The van der Waals surface area contributed by atoms with E-state index in [0.29, 0.717) is 30.0 Å². The summed E-state index contributed by atoms with van der Waals surface area (Å²) < 4.78 is 0. The van der Waals surface area contributed by atoms with Crippen molar-refractivity contribution in [1.29, 1.82) is 0 Å². The average Bonchev–Trinajstić information content (AvgIpc) is 2.77. The zero-order chi connectivity index (χ0) is 15.7. The summed E-state index contributed by atoms with van der Waals surface area (Å²) in [4.78, 5) is 24.3. The van der Waals surface area contributed by atoms with Gasteiger partial charge in [0.1, 0.15) is 5.78 Å². The van der Waals surface area contributed by atoms with Gasteiger partial charge in [-0.25, -0.2) is 0 Å². The number of hydrogen-bond donors (Lipinski definition) is 0. The molecule has 2 nitrogen and oxygen atoms in total. The molecule has 0 unspecified atom stereocenters. The van der Waals surface area contributed by atoms with Crippen molar-refractivity contribution in [3.8, 4) is 0 Å². The SMILES string of the molecule is C[C@]12CCC(=O)C=C1[C@H](Cl)C[C@@H]1[C@@H]2CC[C@]2(C)C(=O)CC[C@@H]12. The molecular formula is C19H25ClO2. The number of Topliss-reactive ketones (excluding diaryl/α,β-unsaturated/α-hetero) is 1. The molecule has 0 amide bonds. The standard InChI is InChI=1S/C19H25ClO2/c1-18-7-5-11(21)9-15(18)16(20)10-12-13-3-4-17(22)19(13,2)8-6-14(12)18/h9,12-14,16H,3-8,10H2,1-2H3/t12-,13-,14-,16+,18+,19-/m0/s1. The molecule has 120 valence electrons. The minimum absolute atomic E-state index is 0.0199. The second kappa shape index (κ2) is 4.69. The van der Waals surface area contributed by atoms with Crippen molar-refractivity contribution >= 4 is 23.2 Å². The van der Waals surface area contributed by atoms with Crippen LogP contribution in [0.25, 0.3) is 0 Å². The highest BCUT2D eigenvalue weighted by Crippen LogP contribution is 2.64. The van der Waals surface area contributed by atoms with Gasteiger partial charge in [0, 0.05) is 18.3 Å². The van der Waals surface area contributed by atoms with Gasteiger partial charge in [-0.2, -0.15) is 0 Å². The molecular weight excluding hydrogens is 296 g/mol. The Labute approximate surface area is 137 Å². The van der Waals surface area contributed by atoms with Crippen molar-refractivity contribution in [3.05, 3.63) is 11.6 Å². The molecule has 3 saturated carbocycles. The fraction of sp³-hybridized carbons (Fsp3) is 0.789. The lowest BCUT2D eigenvalue weighted by molar-refractivity contribution is -0.132. The van der Waals surface area contributed by atoms with Crippen molar-refractivity contribution < 1.29 is 9.59 Å². The summed E-state index contributed by atoms with van der Waals surface area (Å²) in [7, 11) is 0. The number of rotatable bonds is 0. The van der Waals surface area contributed by atoms with Gasteiger partial charge >= 0.3 is 0 Å². The first kappa shape index (κ1) is 14.9. The summed E-state index contributed by atoms with van der Waals surface area (Å²) in [6, 6.07) is 0. The van der Waals surface area contributed by atoms with Gasteiger partial charge in [0.05, 0.1) is 5.38 Å². The summed E-state index contributed by atoms with van der Waals surface area (Å²) in [5.74, 6) is 2.39. The molecule has 0 heterocycles. The van der Waals surface area contributed by atoms with Crippen LogP contribution in [0.1, 0.15) is 58.8 Å². The van der Waals surface area contributed by atoms with Crippen molar-refractivity contribution in [2.24, 2.45) is 28.6 Å². The average molecular weight is 321 g/mol. The van der Waals surface area contributed by atoms with Crippen molar-refractivity contribution in [1.82, 2.24) is 0 Å². The minimum atomic E-state index is -0.0974. The number of alkyl halides is 1. The molecule has 4 aliphatic carbocycles. The molecule has 3 heteroatoms. The Morgan fingerprint density at radius 2 is 1.77 bits per heavy atom. The molecule has 0 aromatic rings. The van der Waals surface area contributed by atoms with E-state index < -0.39 is 0 Å². The zero-order valence-electron chi connectivity index (χ0n) is 13.5. The van der Waals surface area contributed by atoms with Crippen molar-refractivity contribution in [2.45, 2.75) is 64.2 Å². The third-order valence-electron chi connectivity index (χ3n) is 7.65. The van der Waals surface area contributed by atoms with E-state index in [0.717, 1.165) is 38.5 Å². The Hall–Kier alpha value is -0.630. The Balaban J connectivity index is 1.74. The normalized spacial score (nSPS) is 51.0. The van der Waals surface area contributed by atoms with Crippen LogP contribution in [0, 0.1) is 28.6 Å². The first-order valence-electron chi connectivity index (χ1n) is 8.78. The first-order chi connectivity index (χ1) is 10.4. The van der Waals surface area contributed by atoms with Crippen molar-refractivity contribution in [2.75, 3.05) is 0 Å². The molecule has 0 aliphatic heterocycles. The Kier molecular flexibility index (Phi) is 3.18. The molecule has 0 aromatic heterocycles. The van der Waals surface area contributed by atoms with Crippen LogP contribution in [-0.2, 0) is 9.59 Å². The maximum absolute atomic E-state index is 12.4. The quantitative estimate of drug-likeness (QED) is 0.623.